The van der Waals surface area contributed by atoms with Gasteiger partial charge in [-0.25, -0.2) is 4.98 Å². The monoisotopic (exact) mass is 342 g/mol. The Kier molecular flexibility index (Phi) is 5.20. The molecule has 0 radical (unpaired) electrons. The maximum atomic E-state index is 12.3. The Labute approximate surface area is 144 Å². The first-order valence-corrected chi connectivity index (χ1v) is 9.32. The minimum atomic E-state index is -0.0929. The van der Waals surface area contributed by atoms with Gasteiger partial charge in [-0.3, -0.25) is 4.79 Å². The van der Waals surface area contributed by atoms with Crippen LogP contribution in [0.3, 0.4) is 0 Å². The molecule has 0 aliphatic heterocycles. The zero-order valence-corrected chi connectivity index (χ0v) is 14.5. The lowest BCUT2D eigenvalue weighted by Gasteiger charge is -2.12. The molecular formula is C18H18N2OS2. The van der Waals surface area contributed by atoms with E-state index in [1.165, 1.54) is 16.9 Å². The van der Waals surface area contributed by atoms with Crippen LogP contribution in [0.15, 0.2) is 53.2 Å². The summed E-state index contributed by atoms with van der Waals surface area (Å²) in [4.78, 5) is 17.8. The third-order valence-corrected chi connectivity index (χ3v) is 5.44. The molecule has 118 valence electrons. The number of hydrogen-bond acceptors (Lipinski definition) is 4. The smallest absolute Gasteiger partial charge is 0.270 e. The summed E-state index contributed by atoms with van der Waals surface area (Å²) in [5, 5.41) is 7.78. The topological polar surface area (TPSA) is 42.0 Å². The zero-order chi connectivity index (χ0) is 16.1. The van der Waals surface area contributed by atoms with E-state index < -0.39 is 0 Å². The number of aryl methyl sites for hydroxylation is 1. The number of thiophene rings is 1. The van der Waals surface area contributed by atoms with Crippen molar-refractivity contribution in [1.82, 2.24) is 10.3 Å². The molecular weight excluding hydrogens is 324 g/mol. The number of carbonyl (C=O) groups is 1. The van der Waals surface area contributed by atoms with E-state index in [0.29, 0.717) is 5.69 Å². The molecule has 1 aromatic carbocycles. The van der Waals surface area contributed by atoms with Crippen molar-refractivity contribution in [3.05, 3.63) is 64.5 Å². The van der Waals surface area contributed by atoms with Crippen molar-refractivity contribution >= 4 is 28.6 Å². The van der Waals surface area contributed by atoms with Gasteiger partial charge in [0.15, 0.2) is 0 Å². The lowest BCUT2D eigenvalue weighted by Crippen LogP contribution is -2.33. The Morgan fingerprint density at radius 3 is 2.74 bits per heavy atom. The van der Waals surface area contributed by atoms with E-state index in [9.17, 15) is 4.79 Å². The van der Waals surface area contributed by atoms with Gasteiger partial charge in [-0.05, 0) is 36.8 Å². The van der Waals surface area contributed by atoms with E-state index in [0.717, 1.165) is 22.7 Å². The molecule has 23 heavy (non-hydrogen) atoms. The highest BCUT2D eigenvalue weighted by Crippen LogP contribution is 2.27. The van der Waals surface area contributed by atoms with Gasteiger partial charge in [-0.15, -0.1) is 22.7 Å². The Morgan fingerprint density at radius 2 is 2.00 bits per heavy atom. The van der Waals surface area contributed by atoms with Crippen molar-refractivity contribution in [1.29, 1.82) is 0 Å². The van der Waals surface area contributed by atoms with Crippen molar-refractivity contribution in [3.8, 4) is 9.88 Å². The molecule has 0 aliphatic rings. The Balaban J connectivity index is 1.54. The van der Waals surface area contributed by atoms with Crippen LogP contribution in [0.25, 0.3) is 9.88 Å². The molecule has 1 atom stereocenters. The average Bonchev–Trinajstić information content (AvgIpc) is 3.24. The molecule has 0 fully saturated rings. The maximum Gasteiger partial charge on any atom is 0.270 e. The number of rotatable bonds is 6. The van der Waals surface area contributed by atoms with Crippen molar-refractivity contribution in [2.75, 3.05) is 0 Å². The predicted octanol–water partition coefficient (Wildman–Crippen LogP) is 4.62. The number of carbonyl (C=O) groups excluding carboxylic acids is 1. The van der Waals surface area contributed by atoms with Gasteiger partial charge >= 0.3 is 0 Å². The SMILES string of the molecule is CC(CCc1ccccc1)NC(=O)c1csc(-c2cccs2)n1. The van der Waals surface area contributed by atoms with E-state index in [2.05, 4.69) is 22.4 Å². The summed E-state index contributed by atoms with van der Waals surface area (Å²) in [7, 11) is 0. The summed E-state index contributed by atoms with van der Waals surface area (Å²) in [5.74, 6) is -0.0929. The fourth-order valence-corrected chi connectivity index (χ4v) is 3.90. The Bertz CT molecular complexity index is 750. The molecule has 1 unspecified atom stereocenters. The van der Waals surface area contributed by atoms with Gasteiger partial charge in [-0.2, -0.15) is 0 Å². The van der Waals surface area contributed by atoms with E-state index in [4.69, 9.17) is 0 Å². The highest BCUT2D eigenvalue weighted by Gasteiger charge is 2.14. The summed E-state index contributed by atoms with van der Waals surface area (Å²) >= 11 is 3.15. The number of benzene rings is 1. The summed E-state index contributed by atoms with van der Waals surface area (Å²) in [5.41, 5.74) is 1.80. The minimum absolute atomic E-state index is 0.0929. The van der Waals surface area contributed by atoms with E-state index in [1.807, 2.05) is 48.0 Å². The van der Waals surface area contributed by atoms with Crippen molar-refractivity contribution < 1.29 is 4.79 Å². The largest absolute Gasteiger partial charge is 0.348 e. The Morgan fingerprint density at radius 1 is 1.17 bits per heavy atom. The molecule has 0 saturated carbocycles. The van der Waals surface area contributed by atoms with Gasteiger partial charge in [0.05, 0.1) is 4.88 Å². The lowest BCUT2D eigenvalue weighted by molar-refractivity contribution is 0.0934. The second-order valence-electron chi connectivity index (χ2n) is 5.41. The normalized spacial score (nSPS) is 12.0. The number of amides is 1. The summed E-state index contributed by atoms with van der Waals surface area (Å²) in [6, 6.07) is 14.5. The first-order valence-electron chi connectivity index (χ1n) is 7.56. The van der Waals surface area contributed by atoms with Crippen LogP contribution < -0.4 is 5.32 Å². The van der Waals surface area contributed by atoms with Crippen LogP contribution in [0, 0.1) is 0 Å². The summed E-state index contributed by atoms with van der Waals surface area (Å²) in [6.07, 6.45) is 1.87. The third-order valence-electron chi connectivity index (χ3n) is 3.56. The molecule has 2 heterocycles. The third kappa shape index (κ3) is 4.27. The molecule has 3 aromatic rings. The van der Waals surface area contributed by atoms with E-state index in [-0.39, 0.29) is 11.9 Å². The highest BCUT2D eigenvalue weighted by atomic mass is 32.1. The van der Waals surface area contributed by atoms with Crippen LogP contribution in [-0.4, -0.2) is 16.9 Å². The molecule has 1 N–H and O–H groups in total. The van der Waals surface area contributed by atoms with Crippen molar-refractivity contribution in [2.45, 2.75) is 25.8 Å². The van der Waals surface area contributed by atoms with Crippen LogP contribution in [0.5, 0.6) is 0 Å². The van der Waals surface area contributed by atoms with Gasteiger partial charge in [0.1, 0.15) is 10.7 Å². The molecule has 0 bridgehead atoms. The first kappa shape index (κ1) is 15.9. The van der Waals surface area contributed by atoms with Gasteiger partial charge in [0.25, 0.3) is 5.91 Å². The number of nitrogens with zero attached hydrogens (tertiary/aromatic N) is 1. The number of aromatic nitrogens is 1. The first-order chi connectivity index (χ1) is 11.2. The zero-order valence-electron chi connectivity index (χ0n) is 12.9. The van der Waals surface area contributed by atoms with Crippen molar-refractivity contribution in [3.63, 3.8) is 0 Å². The number of nitrogens with one attached hydrogen (secondary N) is 1. The second-order valence-corrected chi connectivity index (χ2v) is 7.22. The van der Waals surface area contributed by atoms with Gasteiger partial charge in [0.2, 0.25) is 0 Å². The van der Waals surface area contributed by atoms with E-state index >= 15 is 0 Å². The summed E-state index contributed by atoms with van der Waals surface area (Å²) < 4.78 is 0. The molecule has 0 spiro atoms. The van der Waals surface area contributed by atoms with Crippen LogP contribution in [-0.2, 0) is 6.42 Å². The highest BCUT2D eigenvalue weighted by molar-refractivity contribution is 7.20. The molecule has 3 rings (SSSR count). The molecule has 5 heteroatoms. The van der Waals surface area contributed by atoms with Crippen LogP contribution in [0.4, 0.5) is 0 Å². The summed E-state index contributed by atoms with van der Waals surface area (Å²) in [6.45, 7) is 2.04. The van der Waals surface area contributed by atoms with Crippen molar-refractivity contribution in [2.24, 2.45) is 0 Å². The standard InChI is InChI=1S/C18H18N2OS2/c1-13(9-10-14-6-3-2-4-7-14)19-17(21)15-12-23-18(20-15)16-8-5-11-22-16/h2-8,11-13H,9-10H2,1H3,(H,19,21). The van der Waals surface area contributed by atoms with Gasteiger partial charge in [-0.1, -0.05) is 36.4 Å². The Hall–Kier alpha value is -1.98. The van der Waals surface area contributed by atoms with Crippen LogP contribution in [0.2, 0.25) is 0 Å². The molecule has 3 nitrogen and oxygen atoms in total. The fraction of sp³-hybridized carbons (Fsp3) is 0.222. The predicted molar refractivity (Wildman–Crippen MR) is 97.1 cm³/mol. The second kappa shape index (κ2) is 7.53. The quantitative estimate of drug-likeness (QED) is 0.710. The average molecular weight is 342 g/mol. The fourth-order valence-electron chi connectivity index (χ4n) is 2.29. The lowest BCUT2D eigenvalue weighted by atomic mass is 10.1. The maximum absolute atomic E-state index is 12.3. The molecule has 2 aromatic heterocycles. The number of thiazole rings is 1. The minimum Gasteiger partial charge on any atom is -0.348 e. The van der Waals surface area contributed by atoms with Crippen LogP contribution >= 0.6 is 22.7 Å². The molecule has 0 saturated heterocycles. The van der Waals surface area contributed by atoms with E-state index in [1.54, 1.807) is 11.3 Å². The number of hydrogen-bond donors (Lipinski definition) is 1. The van der Waals surface area contributed by atoms with Gasteiger partial charge < -0.3 is 5.32 Å². The molecule has 0 aliphatic carbocycles. The van der Waals surface area contributed by atoms with Gasteiger partial charge in [0, 0.05) is 11.4 Å². The molecule has 1 amide bonds. The van der Waals surface area contributed by atoms with Crippen LogP contribution in [0.1, 0.15) is 29.4 Å².